The van der Waals surface area contributed by atoms with Crippen molar-refractivity contribution >= 4 is 28.6 Å². The predicted molar refractivity (Wildman–Crippen MR) is 113 cm³/mol. The number of nitrogens with zero attached hydrogens (tertiary/aromatic N) is 4. The van der Waals surface area contributed by atoms with E-state index >= 15 is 0 Å². The summed E-state index contributed by atoms with van der Waals surface area (Å²) in [5.74, 6) is -1.02. The largest absolute Gasteiger partial charge is 0.462 e. The van der Waals surface area contributed by atoms with Gasteiger partial charge in [-0.3, -0.25) is 14.0 Å². The molecule has 0 spiro atoms. The standard InChI is InChI=1S/C22H26N4O4/c1-6-11-26-17-14(19(27)25-12-9-8-10-16(25)23-17)13-15(20(28)30-7-2)18(26)24-21(29)22(3,4)5/h8-10,12-13H,6-7,11H2,1-5H3. The van der Waals surface area contributed by atoms with Crippen LogP contribution >= 0.6 is 0 Å². The zero-order valence-electron chi connectivity index (χ0n) is 17.9. The van der Waals surface area contributed by atoms with Gasteiger partial charge in [0.1, 0.15) is 16.9 Å². The molecule has 8 heteroatoms. The predicted octanol–water partition coefficient (Wildman–Crippen LogP) is 2.71. The van der Waals surface area contributed by atoms with Gasteiger partial charge in [-0.2, -0.15) is 4.99 Å². The molecule has 0 radical (unpaired) electrons. The van der Waals surface area contributed by atoms with Crippen LogP contribution in [-0.2, 0) is 16.1 Å². The summed E-state index contributed by atoms with van der Waals surface area (Å²) >= 11 is 0. The minimum atomic E-state index is -0.735. The van der Waals surface area contributed by atoms with E-state index in [0.29, 0.717) is 24.3 Å². The maximum absolute atomic E-state index is 13.1. The van der Waals surface area contributed by atoms with Crippen LogP contribution in [0.25, 0.3) is 16.7 Å². The minimum absolute atomic E-state index is 0.0742. The number of rotatable bonds is 4. The molecule has 0 saturated carbocycles. The zero-order valence-corrected chi connectivity index (χ0v) is 17.9. The van der Waals surface area contributed by atoms with Gasteiger partial charge in [-0.25, -0.2) is 9.78 Å². The average Bonchev–Trinajstić information content (AvgIpc) is 2.69. The summed E-state index contributed by atoms with van der Waals surface area (Å²) in [7, 11) is 0. The lowest BCUT2D eigenvalue weighted by molar-refractivity contribution is -0.125. The fourth-order valence-electron chi connectivity index (χ4n) is 3.06. The van der Waals surface area contributed by atoms with Gasteiger partial charge in [0.25, 0.3) is 11.5 Å². The van der Waals surface area contributed by atoms with Crippen LogP contribution in [0.3, 0.4) is 0 Å². The number of aryl methyl sites for hydroxylation is 1. The molecule has 30 heavy (non-hydrogen) atoms. The molecule has 0 atom stereocenters. The first-order valence-electron chi connectivity index (χ1n) is 10.00. The minimum Gasteiger partial charge on any atom is -0.462 e. The molecule has 0 fully saturated rings. The SMILES string of the molecule is CCCn1c(=NC(=O)C(C)(C)C)c(C(=O)OCC)cc2c(=O)n3ccccc3nc21. The highest BCUT2D eigenvalue weighted by molar-refractivity contribution is 5.94. The summed E-state index contributed by atoms with van der Waals surface area (Å²) in [6.07, 6.45) is 2.31. The molecule has 1 amide bonds. The second-order valence-electron chi connectivity index (χ2n) is 8.00. The van der Waals surface area contributed by atoms with Crippen molar-refractivity contribution in [3.8, 4) is 0 Å². The number of aromatic nitrogens is 3. The number of pyridine rings is 2. The fourth-order valence-corrected chi connectivity index (χ4v) is 3.06. The number of carbonyl (C=O) groups excluding carboxylic acids is 2. The third-order valence-electron chi connectivity index (χ3n) is 4.58. The molecule has 3 rings (SSSR count). The maximum atomic E-state index is 13.1. The molecule has 0 aromatic carbocycles. The lowest BCUT2D eigenvalue weighted by Gasteiger charge is -2.16. The van der Waals surface area contributed by atoms with Crippen LogP contribution in [0.5, 0.6) is 0 Å². The Morgan fingerprint density at radius 1 is 1.20 bits per heavy atom. The Kier molecular flexibility index (Phi) is 5.87. The molecule has 0 aliphatic heterocycles. The molecule has 0 bridgehead atoms. The molecular weight excluding hydrogens is 384 g/mol. The third kappa shape index (κ3) is 3.90. The van der Waals surface area contributed by atoms with E-state index in [2.05, 4.69) is 9.98 Å². The molecular formula is C22H26N4O4. The molecule has 0 unspecified atom stereocenters. The molecule has 0 aliphatic rings. The van der Waals surface area contributed by atoms with Crippen LogP contribution in [0.2, 0.25) is 0 Å². The van der Waals surface area contributed by atoms with Crippen molar-refractivity contribution in [2.75, 3.05) is 6.61 Å². The van der Waals surface area contributed by atoms with Crippen molar-refractivity contribution in [1.29, 1.82) is 0 Å². The summed E-state index contributed by atoms with van der Waals surface area (Å²) in [5, 5.41) is 0.261. The lowest BCUT2D eigenvalue weighted by atomic mass is 9.96. The number of hydrogen-bond donors (Lipinski definition) is 0. The van der Waals surface area contributed by atoms with Gasteiger partial charge in [0.2, 0.25) is 0 Å². The van der Waals surface area contributed by atoms with E-state index in [1.165, 1.54) is 10.5 Å². The van der Waals surface area contributed by atoms with Gasteiger partial charge in [-0.05, 0) is 31.5 Å². The number of carbonyl (C=O) groups is 2. The van der Waals surface area contributed by atoms with E-state index in [0.717, 1.165) is 0 Å². The van der Waals surface area contributed by atoms with Gasteiger partial charge in [-0.15, -0.1) is 0 Å². The van der Waals surface area contributed by atoms with E-state index in [9.17, 15) is 14.4 Å². The Bertz CT molecular complexity index is 1260. The van der Waals surface area contributed by atoms with Crippen LogP contribution in [0.4, 0.5) is 0 Å². The normalized spacial score (nSPS) is 12.5. The fraction of sp³-hybridized carbons (Fsp3) is 0.409. The van der Waals surface area contributed by atoms with Gasteiger partial charge in [0, 0.05) is 18.2 Å². The Morgan fingerprint density at radius 2 is 1.93 bits per heavy atom. The van der Waals surface area contributed by atoms with E-state index in [1.54, 1.807) is 56.7 Å². The van der Waals surface area contributed by atoms with Crippen LogP contribution in [-0.4, -0.2) is 32.4 Å². The number of esters is 1. The van der Waals surface area contributed by atoms with Gasteiger partial charge < -0.3 is 9.30 Å². The highest BCUT2D eigenvalue weighted by Gasteiger charge is 2.24. The third-order valence-corrected chi connectivity index (χ3v) is 4.58. The van der Waals surface area contributed by atoms with E-state index in [4.69, 9.17) is 4.74 Å². The first-order valence-corrected chi connectivity index (χ1v) is 10.00. The Labute approximate surface area is 173 Å². The number of fused-ring (bicyclic) bond motifs is 2. The first kappa shape index (κ1) is 21.4. The zero-order chi connectivity index (χ0) is 22.1. The van der Waals surface area contributed by atoms with Crippen molar-refractivity contribution in [2.45, 2.75) is 47.6 Å². The van der Waals surface area contributed by atoms with Crippen molar-refractivity contribution in [2.24, 2.45) is 10.4 Å². The van der Waals surface area contributed by atoms with Crippen molar-refractivity contribution in [3.63, 3.8) is 0 Å². The summed E-state index contributed by atoms with van der Waals surface area (Å²) in [6.45, 7) is 9.51. The van der Waals surface area contributed by atoms with Gasteiger partial charge >= 0.3 is 5.97 Å². The highest BCUT2D eigenvalue weighted by atomic mass is 16.5. The van der Waals surface area contributed by atoms with Crippen molar-refractivity contribution in [1.82, 2.24) is 14.0 Å². The van der Waals surface area contributed by atoms with E-state index < -0.39 is 11.4 Å². The lowest BCUT2D eigenvalue weighted by Crippen LogP contribution is -2.34. The molecule has 158 valence electrons. The maximum Gasteiger partial charge on any atom is 0.341 e. The number of hydrogen-bond acceptors (Lipinski definition) is 5. The van der Waals surface area contributed by atoms with Crippen LogP contribution in [0.1, 0.15) is 51.4 Å². The molecule has 0 N–H and O–H groups in total. The second kappa shape index (κ2) is 8.22. The number of amides is 1. The smallest absolute Gasteiger partial charge is 0.341 e. The first-order chi connectivity index (χ1) is 14.2. The molecule has 0 aliphatic carbocycles. The summed E-state index contributed by atoms with van der Waals surface area (Å²) < 4.78 is 8.28. The van der Waals surface area contributed by atoms with Crippen LogP contribution < -0.4 is 11.0 Å². The number of ether oxygens (including phenoxy) is 1. The molecule has 3 aromatic heterocycles. The second-order valence-corrected chi connectivity index (χ2v) is 8.00. The quantitative estimate of drug-likeness (QED) is 0.487. The Morgan fingerprint density at radius 3 is 2.57 bits per heavy atom. The molecule has 8 nitrogen and oxygen atoms in total. The van der Waals surface area contributed by atoms with Crippen LogP contribution in [0.15, 0.2) is 40.2 Å². The molecule has 0 saturated heterocycles. The summed E-state index contributed by atoms with van der Waals surface area (Å²) in [6, 6.07) is 6.69. The Balaban J connectivity index is 2.54. The topological polar surface area (TPSA) is 95.0 Å². The highest BCUT2D eigenvalue weighted by Crippen LogP contribution is 2.16. The van der Waals surface area contributed by atoms with E-state index in [-0.39, 0.29) is 34.5 Å². The van der Waals surface area contributed by atoms with Gasteiger partial charge in [-0.1, -0.05) is 33.8 Å². The Hall–Kier alpha value is -3.29. The van der Waals surface area contributed by atoms with E-state index in [1.807, 2.05) is 6.92 Å². The van der Waals surface area contributed by atoms with Crippen molar-refractivity contribution in [3.05, 3.63) is 51.9 Å². The average molecular weight is 410 g/mol. The monoisotopic (exact) mass is 410 g/mol. The molecule has 3 aromatic rings. The molecule has 3 heterocycles. The van der Waals surface area contributed by atoms with Gasteiger partial charge in [0.15, 0.2) is 5.49 Å². The summed E-state index contributed by atoms with van der Waals surface area (Å²) in [4.78, 5) is 47.5. The summed E-state index contributed by atoms with van der Waals surface area (Å²) in [5.41, 5.74) is 0.0413. The van der Waals surface area contributed by atoms with Gasteiger partial charge in [0.05, 0.1) is 12.0 Å². The van der Waals surface area contributed by atoms with Crippen molar-refractivity contribution < 1.29 is 14.3 Å². The van der Waals surface area contributed by atoms with Crippen LogP contribution in [0, 0.1) is 5.41 Å².